The average molecular weight is 179 g/mol. The molecule has 0 bridgehead atoms. The second-order valence-electron chi connectivity index (χ2n) is 3.45. The molecule has 0 aliphatic heterocycles. The minimum atomic E-state index is 0.243. The Morgan fingerprint density at radius 2 is 2.00 bits per heavy atom. The monoisotopic (exact) mass is 179 g/mol. The first-order chi connectivity index (χ1) is 6.15. The summed E-state index contributed by atoms with van der Waals surface area (Å²) in [5, 5.41) is 8.69. The van der Waals surface area contributed by atoms with E-state index in [4.69, 9.17) is 10.8 Å². The van der Waals surface area contributed by atoms with E-state index >= 15 is 0 Å². The van der Waals surface area contributed by atoms with Gasteiger partial charge in [0.25, 0.3) is 0 Å². The Labute approximate surface area is 79.4 Å². The summed E-state index contributed by atoms with van der Waals surface area (Å²) >= 11 is 0. The molecule has 13 heavy (non-hydrogen) atoms. The van der Waals surface area contributed by atoms with Crippen molar-refractivity contribution in [2.75, 3.05) is 12.3 Å². The van der Waals surface area contributed by atoms with E-state index in [1.165, 1.54) is 11.1 Å². The molecule has 0 aromatic heterocycles. The molecule has 72 valence electrons. The lowest BCUT2D eigenvalue weighted by atomic mass is 10.0. The molecule has 0 amide bonds. The first-order valence-corrected chi connectivity index (χ1v) is 4.61. The van der Waals surface area contributed by atoms with Crippen LogP contribution in [0, 0.1) is 13.8 Å². The van der Waals surface area contributed by atoms with Crippen LogP contribution in [0.5, 0.6) is 0 Å². The van der Waals surface area contributed by atoms with Crippen molar-refractivity contribution in [2.45, 2.75) is 26.7 Å². The summed E-state index contributed by atoms with van der Waals surface area (Å²) in [6.45, 7) is 4.33. The fourth-order valence-electron chi connectivity index (χ4n) is 1.39. The molecule has 1 aromatic rings. The van der Waals surface area contributed by atoms with Crippen LogP contribution in [0.4, 0.5) is 5.69 Å². The molecule has 0 spiro atoms. The standard InChI is InChI=1S/C11H17NO/c1-8-6-10(4-3-5-13)7-11(12)9(8)2/h6-7,13H,3-5,12H2,1-2H3. The molecule has 2 nitrogen and oxygen atoms in total. The van der Waals surface area contributed by atoms with E-state index in [9.17, 15) is 0 Å². The summed E-state index contributed by atoms with van der Waals surface area (Å²) in [7, 11) is 0. The van der Waals surface area contributed by atoms with Crippen molar-refractivity contribution in [3.8, 4) is 0 Å². The van der Waals surface area contributed by atoms with Crippen LogP contribution in [0.25, 0.3) is 0 Å². The zero-order valence-electron chi connectivity index (χ0n) is 8.30. The van der Waals surface area contributed by atoms with Crippen LogP contribution in [0.15, 0.2) is 12.1 Å². The highest BCUT2D eigenvalue weighted by atomic mass is 16.2. The van der Waals surface area contributed by atoms with Gasteiger partial charge in [0.1, 0.15) is 0 Å². The minimum Gasteiger partial charge on any atom is -0.398 e. The van der Waals surface area contributed by atoms with Crippen LogP contribution < -0.4 is 5.73 Å². The molecule has 1 rings (SSSR count). The number of hydrogen-bond acceptors (Lipinski definition) is 2. The fourth-order valence-corrected chi connectivity index (χ4v) is 1.39. The highest BCUT2D eigenvalue weighted by molar-refractivity contribution is 5.52. The van der Waals surface area contributed by atoms with Gasteiger partial charge in [0.2, 0.25) is 0 Å². The number of aliphatic hydroxyl groups is 1. The van der Waals surface area contributed by atoms with Crippen LogP contribution in [0.3, 0.4) is 0 Å². The van der Waals surface area contributed by atoms with E-state index in [0.717, 1.165) is 24.1 Å². The number of rotatable bonds is 3. The molecular weight excluding hydrogens is 162 g/mol. The number of aliphatic hydroxyl groups excluding tert-OH is 1. The van der Waals surface area contributed by atoms with Crippen molar-refractivity contribution >= 4 is 5.69 Å². The van der Waals surface area contributed by atoms with Crippen LogP contribution in [0.2, 0.25) is 0 Å². The quantitative estimate of drug-likeness (QED) is 0.695. The Bertz CT molecular complexity index is 271. The van der Waals surface area contributed by atoms with Gasteiger partial charge in [0.15, 0.2) is 0 Å². The maximum absolute atomic E-state index is 8.69. The van der Waals surface area contributed by atoms with Gasteiger partial charge in [0, 0.05) is 12.3 Å². The largest absolute Gasteiger partial charge is 0.398 e. The molecule has 0 radical (unpaired) electrons. The van der Waals surface area contributed by atoms with Crippen molar-refractivity contribution in [3.63, 3.8) is 0 Å². The lowest BCUT2D eigenvalue weighted by Gasteiger charge is -2.08. The molecule has 3 N–H and O–H groups in total. The van der Waals surface area contributed by atoms with Gasteiger partial charge < -0.3 is 10.8 Å². The topological polar surface area (TPSA) is 46.2 Å². The SMILES string of the molecule is Cc1cc(CCCO)cc(N)c1C. The minimum absolute atomic E-state index is 0.243. The fraction of sp³-hybridized carbons (Fsp3) is 0.455. The van der Waals surface area contributed by atoms with E-state index in [1.54, 1.807) is 0 Å². The third-order valence-corrected chi connectivity index (χ3v) is 2.39. The predicted octanol–water partition coefficient (Wildman–Crippen LogP) is 1.81. The molecule has 0 unspecified atom stereocenters. The van der Waals surface area contributed by atoms with Gasteiger partial charge in [0.05, 0.1) is 0 Å². The van der Waals surface area contributed by atoms with Gasteiger partial charge in [-0.05, 0) is 49.4 Å². The Morgan fingerprint density at radius 3 is 2.54 bits per heavy atom. The zero-order valence-corrected chi connectivity index (χ0v) is 8.30. The molecule has 0 atom stereocenters. The smallest absolute Gasteiger partial charge is 0.0434 e. The number of nitrogen functional groups attached to an aromatic ring is 1. The zero-order chi connectivity index (χ0) is 9.84. The summed E-state index contributed by atoms with van der Waals surface area (Å²) < 4.78 is 0. The third kappa shape index (κ3) is 2.46. The lowest BCUT2D eigenvalue weighted by molar-refractivity contribution is 0.288. The van der Waals surface area contributed by atoms with Crippen molar-refractivity contribution < 1.29 is 5.11 Å². The number of hydrogen-bond donors (Lipinski definition) is 2. The van der Waals surface area contributed by atoms with Crippen LogP contribution in [-0.2, 0) is 6.42 Å². The number of aryl methyl sites for hydroxylation is 2. The highest BCUT2D eigenvalue weighted by Gasteiger charge is 2.00. The first kappa shape index (κ1) is 10.1. The molecule has 0 saturated heterocycles. The maximum Gasteiger partial charge on any atom is 0.0434 e. The van der Waals surface area contributed by atoms with Gasteiger partial charge in [-0.15, -0.1) is 0 Å². The van der Waals surface area contributed by atoms with Gasteiger partial charge in [-0.2, -0.15) is 0 Å². The molecule has 0 aliphatic carbocycles. The van der Waals surface area contributed by atoms with Crippen molar-refractivity contribution in [1.82, 2.24) is 0 Å². The van der Waals surface area contributed by atoms with Crippen LogP contribution in [0.1, 0.15) is 23.1 Å². The molecule has 2 heteroatoms. The van der Waals surface area contributed by atoms with E-state index in [-0.39, 0.29) is 6.61 Å². The van der Waals surface area contributed by atoms with E-state index < -0.39 is 0 Å². The van der Waals surface area contributed by atoms with E-state index in [1.807, 2.05) is 13.0 Å². The summed E-state index contributed by atoms with van der Waals surface area (Å²) in [6.07, 6.45) is 1.71. The van der Waals surface area contributed by atoms with Gasteiger partial charge in [-0.3, -0.25) is 0 Å². The maximum atomic E-state index is 8.69. The second-order valence-corrected chi connectivity index (χ2v) is 3.45. The molecular formula is C11H17NO. The summed E-state index contributed by atoms with van der Waals surface area (Å²) in [6, 6.07) is 4.14. The summed E-state index contributed by atoms with van der Waals surface area (Å²) in [5.74, 6) is 0. The summed E-state index contributed by atoms with van der Waals surface area (Å²) in [5.41, 5.74) is 10.3. The average Bonchev–Trinajstić information content (AvgIpc) is 2.10. The molecule has 0 fully saturated rings. The van der Waals surface area contributed by atoms with Crippen LogP contribution in [-0.4, -0.2) is 11.7 Å². The van der Waals surface area contributed by atoms with Crippen LogP contribution >= 0.6 is 0 Å². The van der Waals surface area contributed by atoms with Crippen molar-refractivity contribution in [1.29, 1.82) is 0 Å². The molecule has 1 aromatic carbocycles. The predicted molar refractivity (Wildman–Crippen MR) is 55.7 cm³/mol. The lowest BCUT2D eigenvalue weighted by Crippen LogP contribution is -1.97. The Morgan fingerprint density at radius 1 is 1.31 bits per heavy atom. The summed E-state index contributed by atoms with van der Waals surface area (Å²) in [4.78, 5) is 0. The van der Waals surface area contributed by atoms with Gasteiger partial charge >= 0.3 is 0 Å². The van der Waals surface area contributed by atoms with Crippen molar-refractivity contribution in [2.24, 2.45) is 0 Å². The Kier molecular flexibility index (Phi) is 3.32. The third-order valence-electron chi connectivity index (χ3n) is 2.39. The van der Waals surface area contributed by atoms with Gasteiger partial charge in [-0.1, -0.05) is 6.07 Å². The number of benzene rings is 1. The highest BCUT2D eigenvalue weighted by Crippen LogP contribution is 2.18. The molecule has 0 saturated carbocycles. The number of nitrogens with two attached hydrogens (primary N) is 1. The number of anilines is 1. The Balaban J connectivity index is 2.86. The van der Waals surface area contributed by atoms with Crippen molar-refractivity contribution in [3.05, 3.63) is 28.8 Å². The van der Waals surface area contributed by atoms with E-state index in [0.29, 0.717) is 0 Å². The molecule has 0 heterocycles. The normalized spacial score (nSPS) is 10.4. The van der Waals surface area contributed by atoms with E-state index in [2.05, 4.69) is 13.0 Å². The molecule has 0 aliphatic rings. The van der Waals surface area contributed by atoms with Gasteiger partial charge in [-0.25, -0.2) is 0 Å². The second kappa shape index (κ2) is 4.28. The Hall–Kier alpha value is -1.02. The first-order valence-electron chi connectivity index (χ1n) is 4.61.